The second-order valence-corrected chi connectivity index (χ2v) is 10.6. The minimum Gasteiger partial charge on any atom is -0.450 e. The largest absolute Gasteiger partial charge is 0.450 e. The molecule has 9 nitrogen and oxygen atoms in total. The standard InChI is InChI=1S/C28H37N7O2/c36-28-33-27-26(37-25-10-5-20(17-24(25)32-27)19-11-15-29-16-12-19)18-35(28)23-8-6-21(7-9-23)30-13-1-3-22-4-2-14-31-34-22/h4-5,10,14,17-19,21,23,29-30,34H,1-3,6-9,11-13,15-16H2,(H,32,33,36). The lowest BCUT2D eigenvalue weighted by molar-refractivity contribution is 0.282. The summed E-state index contributed by atoms with van der Waals surface area (Å²) in [4.78, 5) is 17.4. The molecule has 37 heavy (non-hydrogen) atoms. The fourth-order valence-corrected chi connectivity index (χ4v) is 5.99. The van der Waals surface area contributed by atoms with Gasteiger partial charge in [-0.1, -0.05) is 12.1 Å². The number of hydrazone groups is 1. The molecular weight excluding hydrogens is 466 g/mol. The molecule has 9 heteroatoms. The maximum atomic E-state index is 13.0. The molecule has 1 saturated carbocycles. The van der Waals surface area contributed by atoms with E-state index in [0.717, 1.165) is 88.9 Å². The second kappa shape index (κ2) is 11.1. The highest BCUT2D eigenvalue weighted by Gasteiger charge is 2.27. The fraction of sp³-hybridized carbons (Fsp3) is 0.536. The summed E-state index contributed by atoms with van der Waals surface area (Å²) >= 11 is 0. The van der Waals surface area contributed by atoms with Crippen molar-refractivity contribution in [1.82, 2.24) is 25.6 Å². The van der Waals surface area contributed by atoms with E-state index in [9.17, 15) is 4.79 Å². The number of rotatable bonds is 7. The van der Waals surface area contributed by atoms with Gasteiger partial charge in [0, 0.05) is 30.4 Å². The maximum absolute atomic E-state index is 13.0. The van der Waals surface area contributed by atoms with Crippen LogP contribution in [0.2, 0.25) is 0 Å². The number of ether oxygens (including phenoxy) is 1. The zero-order chi connectivity index (χ0) is 25.0. The molecule has 4 N–H and O–H groups in total. The Bertz CT molecular complexity index is 1220. The molecule has 1 saturated heterocycles. The van der Waals surface area contributed by atoms with E-state index < -0.39 is 0 Å². The second-order valence-electron chi connectivity index (χ2n) is 10.6. The van der Waals surface area contributed by atoms with Gasteiger partial charge in [-0.15, -0.1) is 0 Å². The van der Waals surface area contributed by atoms with Crippen LogP contribution in [0, 0.1) is 0 Å². The molecule has 6 rings (SSSR count). The van der Waals surface area contributed by atoms with Crippen LogP contribution in [-0.2, 0) is 0 Å². The molecule has 0 bridgehead atoms. The van der Waals surface area contributed by atoms with Crippen LogP contribution in [0.4, 0.5) is 11.5 Å². The van der Waals surface area contributed by atoms with E-state index in [0.29, 0.717) is 23.5 Å². The van der Waals surface area contributed by atoms with Gasteiger partial charge in [0.1, 0.15) is 0 Å². The van der Waals surface area contributed by atoms with Crippen molar-refractivity contribution in [3.05, 3.63) is 52.2 Å². The van der Waals surface area contributed by atoms with Crippen LogP contribution in [0.1, 0.15) is 75.3 Å². The summed E-state index contributed by atoms with van der Waals surface area (Å²) < 4.78 is 8.00. The lowest BCUT2D eigenvalue weighted by atomic mass is 9.90. The van der Waals surface area contributed by atoms with Crippen molar-refractivity contribution in [2.24, 2.45) is 5.10 Å². The Labute approximate surface area is 217 Å². The zero-order valence-corrected chi connectivity index (χ0v) is 21.3. The quantitative estimate of drug-likeness (QED) is 0.357. The van der Waals surface area contributed by atoms with E-state index in [4.69, 9.17) is 4.74 Å². The third-order valence-corrected chi connectivity index (χ3v) is 8.12. The molecule has 0 amide bonds. The first-order valence-electron chi connectivity index (χ1n) is 13.9. The number of benzene rings is 1. The summed E-state index contributed by atoms with van der Waals surface area (Å²) in [5.74, 6) is 2.48. The molecule has 2 fully saturated rings. The molecule has 1 aliphatic carbocycles. The number of hydrogen-bond donors (Lipinski definition) is 4. The Morgan fingerprint density at radius 1 is 1.08 bits per heavy atom. The van der Waals surface area contributed by atoms with Crippen molar-refractivity contribution in [2.75, 3.05) is 25.0 Å². The Morgan fingerprint density at radius 3 is 2.76 bits per heavy atom. The van der Waals surface area contributed by atoms with Crippen molar-refractivity contribution < 1.29 is 4.74 Å². The van der Waals surface area contributed by atoms with Crippen molar-refractivity contribution in [1.29, 1.82) is 0 Å². The Hall–Kier alpha value is -3.17. The number of fused-ring (bicyclic) bond motifs is 2. The first-order chi connectivity index (χ1) is 18.2. The highest BCUT2D eigenvalue weighted by atomic mass is 16.5. The van der Waals surface area contributed by atoms with E-state index in [1.165, 1.54) is 11.3 Å². The molecule has 0 radical (unpaired) electrons. The van der Waals surface area contributed by atoms with Gasteiger partial charge in [-0.3, -0.25) is 9.99 Å². The molecule has 0 unspecified atom stereocenters. The van der Waals surface area contributed by atoms with E-state index >= 15 is 0 Å². The first kappa shape index (κ1) is 24.2. The van der Waals surface area contributed by atoms with E-state index in [-0.39, 0.29) is 11.7 Å². The Morgan fingerprint density at radius 2 is 1.95 bits per heavy atom. The lowest BCUT2D eigenvalue weighted by Crippen LogP contribution is -2.37. The highest BCUT2D eigenvalue weighted by molar-refractivity contribution is 5.73. The topological polar surface area (TPSA) is 105 Å². The van der Waals surface area contributed by atoms with Crippen LogP contribution >= 0.6 is 0 Å². The third kappa shape index (κ3) is 5.57. The summed E-state index contributed by atoms with van der Waals surface area (Å²) in [6.45, 7) is 3.11. The number of piperidine rings is 1. The average Bonchev–Trinajstić information content (AvgIpc) is 2.95. The van der Waals surface area contributed by atoms with Crippen LogP contribution in [0.5, 0.6) is 11.5 Å². The van der Waals surface area contributed by atoms with Gasteiger partial charge in [-0.2, -0.15) is 10.1 Å². The smallest absolute Gasteiger partial charge is 0.350 e. The molecule has 4 aliphatic rings. The van der Waals surface area contributed by atoms with Gasteiger partial charge in [-0.25, -0.2) is 4.79 Å². The average molecular weight is 504 g/mol. The fourth-order valence-electron chi connectivity index (χ4n) is 5.99. The summed E-state index contributed by atoms with van der Waals surface area (Å²) in [6, 6.07) is 7.04. The summed E-state index contributed by atoms with van der Waals surface area (Å²) in [5, 5.41) is 14.6. The van der Waals surface area contributed by atoms with Crippen LogP contribution < -0.4 is 31.8 Å². The monoisotopic (exact) mass is 503 g/mol. The number of hydrogen-bond acceptors (Lipinski definition) is 8. The number of nitrogens with one attached hydrogen (secondary N) is 4. The number of aromatic nitrogens is 2. The SMILES string of the molecule is O=c1nc2c(cn1C1CCC(NCCCC3=CCC=NN3)CC1)Oc1ccc(C3CCNCC3)cc1N2. The van der Waals surface area contributed by atoms with E-state index in [1.807, 2.05) is 18.5 Å². The molecule has 1 aromatic heterocycles. The summed E-state index contributed by atoms with van der Waals surface area (Å²) in [5.41, 5.74) is 6.29. The van der Waals surface area contributed by atoms with Gasteiger partial charge in [-0.05, 0) is 94.6 Å². The number of nitrogens with zero attached hydrogens (tertiary/aromatic N) is 3. The van der Waals surface area contributed by atoms with Gasteiger partial charge in [0.25, 0.3) is 0 Å². The molecule has 4 heterocycles. The van der Waals surface area contributed by atoms with Crippen LogP contribution in [0.3, 0.4) is 0 Å². The van der Waals surface area contributed by atoms with Gasteiger partial charge >= 0.3 is 5.69 Å². The van der Waals surface area contributed by atoms with Crippen molar-refractivity contribution >= 4 is 17.7 Å². The molecule has 196 valence electrons. The third-order valence-electron chi connectivity index (χ3n) is 8.12. The highest BCUT2D eigenvalue weighted by Crippen LogP contribution is 2.42. The predicted octanol–water partition coefficient (Wildman–Crippen LogP) is 4.28. The Balaban J connectivity index is 1.04. The Kier molecular flexibility index (Phi) is 7.23. The lowest BCUT2D eigenvalue weighted by Gasteiger charge is -2.31. The minimum absolute atomic E-state index is 0.157. The summed E-state index contributed by atoms with van der Waals surface area (Å²) in [6.07, 6.45) is 15.3. The maximum Gasteiger partial charge on any atom is 0.350 e. The van der Waals surface area contributed by atoms with E-state index in [2.05, 4.69) is 49.7 Å². The molecule has 0 spiro atoms. The molecule has 2 aromatic rings. The molecular formula is C28H37N7O2. The normalized spacial score (nSPS) is 23.2. The number of anilines is 2. The summed E-state index contributed by atoms with van der Waals surface area (Å²) in [7, 11) is 0. The van der Waals surface area contributed by atoms with Crippen molar-refractivity contribution in [2.45, 2.75) is 75.8 Å². The predicted molar refractivity (Wildman–Crippen MR) is 146 cm³/mol. The van der Waals surface area contributed by atoms with Crippen LogP contribution in [0.25, 0.3) is 0 Å². The van der Waals surface area contributed by atoms with Crippen molar-refractivity contribution in [3.63, 3.8) is 0 Å². The molecule has 0 atom stereocenters. The van der Waals surface area contributed by atoms with Gasteiger partial charge in [0.05, 0.1) is 11.9 Å². The van der Waals surface area contributed by atoms with Crippen molar-refractivity contribution in [3.8, 4) is 11.5 Å². The number of allylic oxidation sites excluding steroid dienone is 2. The molecule has 3 aliphatic heterocycles. The van der Waals surface area contributed by atoms with Crippen LogP contribution in [-0.4, -0.2) is 41.4 Å². The van der Waals surface area contributed by atoms with Gasteiger partial charge in [0.15, 0.2) is 17.3 Å². The minimum atomic E-state index is -0.208. The van der Waals surface area contributed by atoms with Gasteiger partial charge in [0.2, 0.25) is 0 Å². The van der Waals surface area contributed by atoms with E-state index in [1.54, 1.807) is 4.57 Å². The zero-order valence-electron chi connectivity index (χ0n) is 21.3. The molecule has 1 aromatic carbocycles. The first-order valence-corrected chi connectivity index (χ1v) is 13.9. The van der Waals surface area contributed by atoms with Crippen LogP contribution in [0.15, 0.2) is 46.1 Å². The van der Waals surface area contributed by atoms with Gasteiger partial charge < -0.3 is 20.7 Å².